The molecule has 0 fully saturated rings. The predicted octanol–water partition coefficient (Wildman–Crippen LogP) is 3.52. The smallest absolute Gasteiger partial charge is 0.259 e. The largest absolute Gasteiger partial charge is 0.506 e. The van der Waals surface area contributed by atoms with Crippen molar-refractivity contribution in [3.63, 3.8) is 0 Å². The topological polar surface area (TPSA) is 75.3 Å². The number of halogens is 1. The zero-order chi connectivity index (χ0) is 15.7. The molecule has 3 aromatic rings. The van der Waals surface area contributed by atoms with E-state index in [4.69, 9.17) is 5.73 Å². The molecule has 0 aliphatic carbocycles. The molecule has 4 N–H and O–H groups in total. The standard InChI is InChI=1S/C17H13FN2O2/c18-11-6-8-15(14(19)9-11)20-17(22)13-7-5-10-3-1-2-4-12(10)16(13)21/h1-9,21H,19H2,(H,20,22). The van der Waals surface area contributed by atoms with Crippen LogP contribution in [0.5, 0.6) is 5.75 Å². The normalized spacial score (nSPS) is 10.6. The van der Waals surface area contributed by atoms with Crippen LogP contribution in [0.3, 0.4) is 0 Å². The van der Waals surface area contributed by atoms with Gasteiger partial charge in [-0.15, -0.1) is 0 Å². The summed E-state index contributed by atoms with van der Waals surface area (Å²) in [4.78, 5) is 12.3. The second-order valence-corrected chi connectivity index (χ2v) is 4.87. The van der Waals surface area contributed by atoms with Crippen LogP contribution in [0.4, 0.5) is 15.8 Å². The number of anilines is 2. The highest BCUT2D eigenvalue weighted by Gasteiger charge is 2.15. The maximum atomic E-state index is 13.0. The van der Waals surface area contributed by atoms with Gasteiger partial charge in [0.2, 0.25) is 0 Å². The van der Waals surface area contributed by atoms with Crippen molar-refractivity contribution in [1.29, 1.82) is 0 Å². The third-order valence-electron chi connectivity index (χ3n) is 3.41. The first-order valence-electron chi connectivity index (χ1n) is 6.63. The maximum Gasteiger partial charge on any atom is 0.259 e. The third-order valence-corrected chi connectivity index (χ3v) is 3.41. The van der Waals surface area contributed by atoms with E-state index in [1.54, 1.807) is 18.2 Å². The number of rotatable bonds is 2. The number of phenols is 1. The molecule has 0 aromatic heterocycles. The van der Waals surface area contributed by atoms with E-state index in [1.807, 2.05) is 12.1 Å². The predicted molar refractivity (Wildman–Crippen MR) is 84.4 cm³/mol. The number of carbonyl (C=O) groups is 1. The SMILES string of the molecule is Nc1cc(F)ccc1NC(=O)c1ccc2ccccc2c1O. The van der Waals surface area contributed by atoms with Crippen LogP contribution in [0, 0.1) is 5.82 Å². The molecule has 3 rings (SSSR count). The highest BCUT2D eigenvalue weighted by molar-refractivity contribution is 6.10. The molecule has 110 valence electrons. The molecule has 1 amide bonds. The number of nitrogen functional groups attached to an aromatic ring is 1. The van der Waals surface area contributed by atoms with Crippen molar-refractivity contribution < 1.29 is 14.3 Å². The molecule has 0 unspecified atom stereocenters. The molecule has 0 heterocycles. The summed E-state index contributed by atoms with van der Waals surface area (Å²) < 4.78 is 13.0. The Balaban J connectivity index is 1.97. The first-order chi connectivity index (χ1) is 10.6. The first kappa shape index (κ1) is 13.9. The van der Waals surface area contributed by atoms with Gasteiger partial charge in [-0.2, -0.15) is 0 Å². The van der Waals surface area contributed by atoms with Crippen LogP contribution in [0.15, 0.2) is 54.6 Å². The minimum atomic E-state index is -0.512. The van der Waals surface area contributed by atoms with E-state index in [-0.39, 0.29) is 17.0 Å². The van der Waals surface area contributed by atoms with Gasteiger partial charge in [-0.05, 0) is 29.7 Å². The average Bonchev–Trinajstić information content (AvgIpc) is 2.50. The van der Waals surface area contributed by atoms with Gasteiger partial charge >= 0.3 is 0 Å². The molecule has 3 aromatic carbocycles. The van der Waals surface area contributed by atoms with Gasteiger partial charge < -0.3 is 16.2 Å². The van der Waals surface area contributed by atoms with Crippen molar-refractivity contribution in [3.8, 4) is 5.75 Å². The van der Waals surface area contributed by atoms with E-state index < -0.39 is 11.7 Å². The van der Waals surface area contributed by atoms with Gasteiger partial charge in [0.25, 0.3) is 5.91 Å². The van der Waals surface area contributed by atoms with Gasteiger partial charge in [0.05, 0.1) is 16.9 Å². The number of phenolic OH excluding ortho intramolecular Hbond substituents is 1. The summed E-state index contributed by atoms with van der Waals surface area (Å²) >= 11 is 0. The van der Waals surface area contributed by atoms with E-state index in [1.165, 1.54) is 18.2 Å². The third kappa shape index (κ3) is 2.44. The fraction of sp³-hybridized carbons (Fsp3) is 0. The van der Waals surface area contributed by atoms with Crippen LogP contribution in [0.25, 0.3) is 10.8 Å². The molecule has 4 nitrogen and oxygen atoms in total. The fourth-order valence-electron chi connectivity index (χ4n) is 2.28. The number of benzene rings is 3. The van der Waals surface area contributed by atoms with Crippen LogP contribution in [0.1, 0.15) is 10.4 Å². The van der Waals surface area contributed by atoms with Crippen LogP contribution in [-0.2, 0) is 0 Å². The zero-order valence-corrected chi connectivity index (χ0v) is 11.5. The molecule has 0 aliphatic heterocycles. The molecule has 0 saturated carbocycles. The number of aromatic hydroxyl groups is 1. The van der Waals surface area contributed by atoms with Crippen molar-refractivity contribution >= 4 is 28.1 Å². The second kappa shape index (κ2) is 5.37. The molecular weight excluding hydrogens is 283 g/mol. The summed E-state index contributed by atoms with van der Waals surface area (Å²) in [7, 11) is 0. The highest BCUT2D eigenvalue weighted by atomic mass is 19.1. The number of fused-ring (bicyclic) bond motifs is 1. The van der Waals surface area contributed by atoms with E-state index in [0.29, 0.717) is 11.1 Å². The first-order valence-corrected chi connectivity index (χ1v) is 6.63. The Hall–Kier alpha value is -3.08. The van der Waals surface area contributed by atoms with E-state index in [2.05, 4.69) is 5.32 Å². The molecule has 22 heavy (non-hydrogen) atoms. The Labute approximate surface area is 126 Å². The van der Waals surface area contributed by atoms with Gasteiger partial charge in [0, 0.05) is 5.39 Å². The zero-order valence-electron chi connectivity index (χ0n) is 11.5. The second-order valence-electron chi connectivity index (χ2n) is 4.87. The summed E-state index contributed by atoms with van der Waals surface area (Å²) in [6.07, 6.45) is 0. The van der Waals surface area contributed by atoms with Crippen LogP contribution in [-0.4, -0.2) is 11.0 Å². The lowest BCUT2D eigenvalue weighted by molar-refractivity contribution is 0.102. The number of nitrogens with one attached hydrogen (secondary N) is 1. The minimum Gasteiger partial charge on any atom is -0.506 e. The monoisotopic (exact) mass is 296 g/mol. The molecule has 0 atom stereocenters. The van der Waals surface area contributed by atoms with Gasteiger partial charge in [0.1, 0.15) is 11.6 Å². The number of nitrogens with two attached hydrogens (primary N) is 1. The Kier molecular flexibility index (Phi) is 3.39. The highest BCUT2D eigenvalue weighted by Crippen LogP contribution is 2.29. The number of hydrogen-bond donors (Lipinski definition) is 3. The molecule has 5 heteroatoms. The van der Waals surface area contributed by atoms with Crippen molar-refractivity contribution in [2.75, 3.05) is 11.1 Å². The van der Waals surface area contributed by atoms with E-state index in [0.717, 1.165) is 11.5 Å². The Morgan fingerprint density at radius 1 is 1.09 bits per heavy atom. The van der Waals surface area contributed by atoms with Crippen molar-refractivity contribution in [3.05, 3.63) is 66.0 Å². The lowest BCUT2D eigenvalue weighted by Gasteiger charge is -2.10. The summed E-state index contributed by atoms with van der Waals surface area (Å²) in [6, 6.07) is 14.2. The van der Waals surface area contributed by atoms with Gasteiger partial charge in [-0.25, -0.2) is 4.39 Å². The molecule has 0 bridgehead atoms. The van der Waals surface area contributed by atoms with Gasteiger partial charge in [0.15, 0.2) is 0 Å². The van der Waals surface area contributed by atoms with Gasteiger partial charge in [-0.1, -0.05) is 30.3 Å². The Bertz CT molecular complexity index is 878. The lowest BCUT2D eigenvalue weighted by atomic mass is 10.0. The van der Waals surface area contributed by atoms with Crippen molar-refractivity contribution in [2.45, 2.75) is 0 Å². The van der Waals surface area contributed by atoms with E-state index in [9.17, 15) is 14.3 Å². The molecular formula is C17H13FN2O2. The Morgan fingerprint density at radius 2 is 1.86 bits per heavy atom. The van der Waals surface area contributed by atoms with Crippen molar-refractivity contribution in [1.82, 2.24) is 0 Å². The summed E-state index contributed by atoms with van der Waals surface area (Å²) in [5.74, 6) is -1.10. The molecule has 0 aliphatic rings. The number of amides is 1. The van der Waals surface area contributed by atoms with Crippen LogP contribution < -0.4 is 11.1 Å². The quantitative estimate of drug-likeness (QED) is 0.633. The lowest BCUT2D eigenvalue weighted by Crippen LogP contribution is -2.13. The van der Waals surface area contributed by atoms with Crippen LogP contribution in [0.2, 0.25) is 0 Å². The molecule has 0 saturated heterocycles. The molecule has 0 spiro atoms. The minimum absolute atomic E-state index is 0.101. The average molecular weight is 296 g/mol. The summed E-state index contributed by atoms with van der Waals surface area (Å²) in [6.45, 7) is 0. The molecule has 0 radical (unpaired) electrons. The Morgan fingerprint density at radius 3 is 2.64 bits per heavy atom. The number of carbonyl (C=O) groups excluding carboxylic acids is 1. The fourth-order valence-corrected chi connectivity index (χ4v) is 2.28. The van der Waals surface area contributed by atoms with Crippen LogP contribution >= 0.6 is 0 Å². The van der Waals surface area contributed by atoms with Gasteiger partial charge in [-0.3, -0.25) is 4.79 Å². The maximum absolute atomic E-state index is 13.0. The number of hydrogen-bond acceptors (Lipinski definition) is 3. The van der Waals surface area contributed by atoms with E-state index >= 15 is 0 Å². The summed E-state index contributed by atoms with van der Waals surface area (Å²) in [5.41, 5.74) is 6.20. The summed E-state index contributed by atoms with van der Waals surface area (Å²) in [5, 5.41) is 14.2. The van der Waals surface area contributed by atoms with Crippen molar-refractivity contribution in [2.24, 2.45) is 0 Å².